The van der Waals surface area contributed by atoms with Gasteiger partial charge in [0.2, 0.25) is 0 Å². The van der Waals surface area contributed by atoms with Gasteiger partial charge >= 0.3 is 6.09 Å². The van der Waals surface area contributed by atoms with E-state index in [1.807, 2.05) is 4.90 Å². The van der Waals surface area contributed by atoms with Crippen LogP contribution in [0.25, 0.3) is 11.1 Å². The summed E-state index contributed by atoms with van der Waals surface area (Å²) in [5, 5.41) is 13.1. The first-order valence-corrected chi connectivity index (χ1v) is 10.4. The Morgan fingerprint density at radius 1 is 1.09 bits per heavy atom. The molecule has 0 spiro atoms. The van der Waals surface area contributed by atoms with E-state index in [2.05, 4.69) is 21.3 Å². The lowest BCUT2D eigenvalue weighted by Gasteiger charge is -2.29. The molecular weight excluding hydrogens is 420 g/mol. The Balaban J connectivity index is 1.27. The number of carbonyl (C=O) groups excluding carboxylic acids is 1. The van der Waals surface area contributed by atoms with Crippen molar-refractivity contribution in [2.75, 3.05) is 49.3 Å². The quantitative estimate of drug-likeness (QED) is 0.648. The predicted molar refractivity (Wildman–Crippen MR) is 116 cm³/mol. The Labute approximate surface area is 183 Å². The Hall–Kier alpha value is -3.44. The molecule has 3 heterocycles. The molecule has 0 unspecified atom stereocenters. The lowest BCUT2D eigenvalue weighted by atomic mass is 10.0. The van der Waals surface area contributed by atoms with Crippen LogP contribution in [-0.4, -0.2) is 62.8 Å². The maximum Gasteiger partial charge on any atom is 0.407 e. The molecule has 0 aliphatic carbocycles. The van der Waals surface area contributed by atoms with Gasteiger partial charge in [-0.15, -0.1) is 10.6 Å². The average Bonchev–Trinajstić information content (AvgIpc) is 3.43. The minimum absolute atomic E-state index is 0.306. The minimum atomic E-state index is -0.485. The molecular formula is C21H23F2N7O2. The summed E-state index contributed by atoms with van der Waals surface area (Å²) >= 11 is 0. The molecule has 1 atom stereocenters. The molecule has 0 radical (unpaired) electrons. The number of amides is 1. The zero-order valence-electron chi connectivity index (χ0n) is 17.2. The summed E-state index contributed by atoms with van der Waals surface area (Å²) in [6.45, 7) is 3.89. The fourth-order valence-electron chi connectivity index (χ4n) is 3.96. The molecule has 3 N–H and O–H groups in total. The summed E-state index contributed by atoms with van der Waals surface area (Å²) in [6, 6.07) is 9.46. The van der Waals surface area contributed by atoms with E-state index in [-0.39, 0.29) is 11.9 Å². The molecule has 2 aromatic rings. The highest BCUT2D eigenvalue weighted by Crippen LogP contribution is 2.30. The molecule has 3 aliphatic heterocycles. The van der Waals surface area contributed by atoms with Crippen LogP contribution in [0.1, 0.15) is 0 Å². The van der Waals surface area contributed by atoms with Gasteiger partial charge in [-0.2, -0.15) is 5.12 Å². The zero-order chi connectivity index (χ0) is 22.1. The highest BCUT2D eigenvalue weighted by Gasteiger charge is 2.27. The number of halogens is 2. The van der Waals surface area contributed by atoms with Gasteiger partial charge in [0, 0.05) is 37.8 Å². The van der Waals surface area contributed by atoms with Crippen molar-refractivity contribution in [3.8, 4) is 11.1 Å². The summed E-state index contributed by atoms with van der Waals surface area (Å²) in [5.41, 5.74) is 4.77. The van der Waals surface area contributed by atoms with Crippen molar-refractivity contribution in [1.29, 1.82) is 0 Å². The van der Waals surface area contributed by atoms with Crippen molar-refractivity contribution >= 4 is 23.8 Å². The number of piperazine rings is 1. The lowest BCUT2D eigenvalue weighted by molar-refractivity contribution is 0.119. The SMILES string of the molecule is O=C1NC[C@H](CN2C=NN(c3ccc(-c4ccc(N5CCNCC5)c(F)c4)c(F)c3)N2)O1. The predicted octanol–water partition coefficient (Wildman–Crippen LogP) is 1.63. The van der Waals surface area contributed by atoms with Gasteiger partial charge in [-0.05, 0) is 29.8 Å². The van der Waals surface area contributed by atoms with Gasteiger partial charge in [0.1, 0.15) is 24.1 Å². The van der Waals surface area contributed by atoms with Gasteiger partial charge in [0.05, 0.1) is 24.5 Å². The number of rotatable bonds is 5. The summed E-state index contributed by atoms with van der Waals surface area (Å²) < 4.78 is 34.8. The molecule has 0 aromatic heterocycles. The summed E-state index contributed by atoms with van der Waals surface area (Å²) in [5.74, 6) is -0.849. The summed E-state index contributed by atoms with van der Waals surface area (Å²) in [4.78, 5) is 13.1. The van der Waals surface area contributed by atoms with E-state index in [1.165, 1.54) is 23.6 Å². The molecule has 2 aromatic carbocycles. The number of alkyl carbamates (subject to hydrolysis) is 1. The van der Waals surface area contributed by atoms with Gasteiger partial charge in [-0.3, -0.25) is 5.01 Å². The van der Waals surface area contributed by atoms with Crippen molar-refractivity contribution in [2.45, 2.75) is 6.10 Å². The van der Waals surface area contributed by atoms with Crippen LogP contribution in [-0.2, 0) is 4.74 Å². The third-order valence-corrected chi connectivity index (χ3v) is 5.59. The Kier molecular flexibility index (Phi) is 5.50. The van der Waals surface area contributed by atoms with Crippen LogP contribution in [0.5, 0.6) is 0 Å². The molecule has 32 heavy (non-hydrogen) atoms. The Bertz CT molecular complexity index is 1040. The second-order valence-corrected chi connectivity index (χ2v) is 7.77. The first-order chi connectivity index (χ1) is 15.6. The largest absolute Gasteiger partial charge is 0.442 e. The summed E-state index contributed by atoms with van der Waals surface area (Å²) in [7, 11) is 0. The van der Waals surface area contributed by atoms with Crippen LogP contribution in [0.3, 0.4) is 0 Å². The lowest BCUT2D eigenvalue weighted by Crippen LogP contribution is -2.44. The van der Waals surface area contributed by atoms with Crippen molar-refractivity contribution in [3.63, 3.8) is 0 Å². The molecule has 2 fully saturated rings. The van der Waals surface area contributed by atoms with Crippen molar-refractivity contribution < 1.29 is 18.3 Å². The molecule has 1 amide bonds. The standard InChI is InChI=1S/C21H23F2N7O2/c22-18-10-15(30-26-13-29(27-30)12-16-11-25-21(31)32-16)2-3-17(18)14-1-4-20(19(23)9-14)28-7-5-24-6-8-28/h1-4,9-10,13,16,24,27H,5-8,11-12H2,(H,25,31)/t16-/m1/s1. The Morgan fingerprint density at radius 3 is 2.66 bits per heavy atom. The van der Waals surface area contributed by atoms with E-state index >= 15 is 0 Å². The fraction of sp³-hybridized carbons (Fsp3) is 0.333. The van der Waals surface area contributed by atoms with Gasteiger partial charge < -0.3 is 20.3 Å². The zero-order valence-corrected chi connectivity index (χ0v) is 17.2. The topological polar surface area (TPSA) is 84.5 Å². The highest BCUT2D eigenvalue weighted by atomic mass is 19.1. The number of cyclic esters (lactones) is 1. The van der Waals surface area contributed by atoms with Crippen LogP contribution in [0.2, 0.25) is 0 Å². The molecule has 11 heteroatoms. The van der Waals surface area contributed by atoms with Crippen LogP contribution < -0.4 is 26.2 Å². The molecule has 0 saturated carbocycles. The van der Waals surface area contributed by atoms with E-state index in [9.17, 15) is 13.6 Å². The molecule has 3 aliphatic rings. The van der Waals surface area contributed by atoms with Gasteiger partial charge in [-0.25, -0.2) is 13.6 Å². The number of anilines is 2. The first kappa shape index (κ1) is 20.5. The molecule has 168 valence electrons. The van der Waals surface area contributed by atoms with Gasteiger partial charge in [0.25, 0.3) is 0 Å². The van der Waals surface area contributed by atoms with Crippen LogP contribution >= 0.6 is 0 Å². The molecule has 5 rings (SSSR count). The van der Waals surface area contributed by atoms with E-state index in [0.29, 0.717) is 35.6 Å². The summed E-state index contributed by atoms with van der Waals surface area (Å²) in [6.07, 6.45) is 0.778. The number of carbonyl (C=O) groups is 1. The maximum atomic E-state index is 14.9. The Morgan fingerprint density at radius 2 is 1.94 bits per heavy atom. The second-order valence-electron chi connectivity index (χ2n) is 7.77. The third kappa shape index (κ3) is 4.16. The number of hydrazine groups is 2. The molecule has 2 saturated heterocycles. The molecule has 0 bridgehead atoms. The number of ether oxygens (including phenoxy) is 1. The number of nitrogens with one attached hydrogen (secondary N) is 3. The van der Waals surface area contributed by atoms with Crippen molar-refractivity contribution in [3.05, 3.63) is 48.0 Å². The van der Waals surface area contributed by atoms with Gasteiger partial charge in [-0.1, -0.05) is 6.07 Å². The third-order valence-electron chi connectivity index (χ3n) is 5.59. The fourth-order valence-corrected chi connectivity index (χ4v) is 3.96. The van der Waals surface area contributed by atoms with Crippen molar-refractivity contribution in [2.24, 2.45) is 5.10 Å². The molecule has 9 nitrogen and oxygen atoms in total. The number of hydrazone groups is 1. The van der Waals surface area contributed by atoms with Crippen LogP contribution in [0.4, 0.5) is 25.0 Å². The first-order valence-electron chi connectivity index (χ1n) is 10.4. The maximum absolute atomic E-state index is 14.9. The highest BCUT2D eigenvalue weighted by molar-refractivity contribution is 5.71. The van der Waals surface area contributed by atoms with Crippen LogP contribution in [0, 0.1) is 11.6 Å². The second kappa shape index (κ2) is 8.60. The minimum Gasteiger partial charge on any atom is -0.442 e. The number of nitrogens with zero attached hydrogens (tertiary/aromatic N) is 4. The number of hydrogen-bond acceptors (Lipinski definition) is 8. The van der Waals surface area contributed by atoms with E-state index < -0.39 is 11.9 Å². The normalized spacial score (nSPS) is 20.6. The number of hydrogen-bond donors (Lipinski definition) is 3. The van der Waals surface area contributed by atoms with E-state index in [0.717, 1.165) is 26.2 Å². The van der Waals surface area contributed by atoms with Crippen molar-refractivity contribution in [1.82, 2.24) is 21.2 Å². The van der Waals surface area contributed by atoms with Gasteiger partial charge in [0.15, 0.2) is 0 Å². The smallest absolute Gasteiger partial charge is 0.407 e. The average molecular weight is 443 g/mol. The van der Waals surface area contributed by atoms with E-state index in [4.69, 9.17) is 4.74 Å². The van der Waals surface area contributed by atoms with E-state index in [1.54, 1.807) is 29.3 Å². The monoisotopic (exact) mass is 443 g/mol. The van der Waals surface area contributed by atoms with Crippen LogP contribution in [0.15, 0.2) is 41.5 Å². The number of benzene rings is 2.